The van der Waals surface area contributed by atoms with E-state index in [1.807, 2.05) is 27.2 Å². The number of quaternary nitrogens is 1. The van der Waals surface area contributed by atoms with Gasteiger partial charge < -0.3 is 19.8 Å². The number of phosphoric ester groups is 1. The van der Waals surface area contributed by atoms with Crippen LogP contribution in [0.15, 0.2) is 109 Å². The van der Waals surface area contributed by atoms with Gasteiger partial charge in [-0.05, 0) is 96.3 Å². The van der Waals surface area contributed by atoms with Crippen molar-refractivity contribution in [3.05, 3.63) is 109 Å². The number of likely N-dealkylation sites (N-methyl/N-ethyl adjacent to an activating group) is 1. The van der Waals surface area contributed by atoms with Crippen LogP contribution in [0.25, 0.3) is 0 Å². The SMILES string of the molecule is CC/C=C\C/C=C\C/C=C\C/C=C\C/C=C\C/C=C\CCCCCCCCCCCCCCCCCCCCCCCCC(=O)NC(COP(=O)(O)OCC[N+](C)(C)C)C(O)/C=C/CC/C=C/CC/C=C/CCCCCCCCCCCC. The minimum absolute atomic E-state index is 0.0516. The monoisotopic (exact) mass is 1180 g/mol. The molecule has 0 aliphatic heterocycles. The first-order valence-electron chi connectivity index (χ1n) is 34.8. The molecule has 8 nitrogen and oxygen atoms in total. The highest BCUT2D eigenvalue weighted by Gasteiger charge is 2.28. The van der Waals surface area contributed by atoms with Gasteiger partial charge in [-0.2, -0.15) is 0 Å². The Morgan fingerprint density at radius 3 is 1.11 bits per heavy atom. The van der Waals surface area contributed by atoms with Crippen molar-refractivity contribution in [1.29, 1.82) is 0 Å². The smallest absolute Gasteiger partial charge is 0.387 e. The largest absolute Gasteiger partial charge is 0.472 e. The molecule has 0 fully saturated rings. The van der Waals surface area contributed by atoms with E-state index in [4.69, 9.17) is 9.05 Å². The molecule has 0 aromatic rings. The average Bonchev–Trinajstić information content (AvgIpc) is 3.49. The summed E-state index contributed by atoms with van der Waals surface area (Å²) in [6.45, 7) is 4.69. The van der Waals surface area contributed by atoms with Crippen molar-refractivity contribution in [3.63, 3.8) is 0 Å². The van der Waals surface area contributed by atoms with E-state index in [2.05, 4.69) is 116 Å². The summed E-state index contributed by atoms with van der Waals surface area (Å²) in [5, 5.41) is 14.0. The van der Waals surface area contributed by atoms with Crippen LogP contribution in [0.5, 0.6) is 0 Å². The summed E-state index contributed by atoms with van der Waals surface area (Å²) in [7, 11) is 1.55. The zero-order chi connectivity index (χ0) is 60.5. The first-order valence-corrected chi connectivity index (χ1v) is 36.3. The highest BCUT2D eigenvalue weighted by Crippen LogP contribution is 2.43. The molecule has 0 rings (SSSR count). The second-order valence-corrected chi connectivity index (χ2v) is 26.0. The van der Waals surface area contributed by atoms with E-state index in [1.165, 1.54) is 199 Å². The van der Waals surface area contributed by atoms with Crippen LogP contribution in [-0.2, 0) is 18.4 Å². The van der Waals surface area contributed by atoms with Crippen LogP contribution in [0.1, 0.15) is 303 Å². The number of hydrogen-bond acceptors (Lipinski definition) is 5. The Labute approximate surface area is 514 Å². The highest BCUT2D eigenvalue weighted by molar-refractivity contribution is 7.47. The molecule has 0 aromatic heterocycles. The van der Waals surface area contributed by atoms with Crippen LogP contribution >= 0.6 is 7.82 Å². The van der Waals surface area contributed by atoms with Crippen molar-refractivity contribution in [3.8, 4) is 0 Å². The van der Waals surface area contributed by atoms with Crippen molar-refractivity contribution in [2.45, 2.75) is 315 Å². The number of hydrogen-bond donors (Lipinski definition) is 3. The summed E-state index contributed by atoms with van der Waals surface area (Å²) in [5.74, 6) is -0.189. The van der Waals surface area contributed by atoms with Crippen LogP contribution in [0, 0.1) is 0 Å². The van der Waals surface area contributed by atoms with Crippen LogP contribution in [-0.4, -0.2) is 73.4 Å². The molecule has 1 amide bonds. The standard InChI is InChI=1S/C74H133N2O6P/c1-6-8-10-12-14-16-18-20-22-24-26-28-29-30-31-32-33-34-35-36-37-38-39-40-41-42-43-44-45-46-47-48-50-52-54-56-58-60-62-64-66-68-74(78)75-72(71-82-83(79,80)81-70-69-76(3,4)5)73(77)67-65-63-61-59-57-55-53-51-49-27-25-23-21-19-17-15-13-11-9-7-2/h8,10,14,16,20,22,26,28,30-31,33-34,49,51,57,59,65,67,72-73,77H,6-7,9,11-13,15,17-19,21,23-25,27,29,32,35-48,50,52-56,58,60-64,66,68-71H2,1-5H3,(H-,75,78,79,80)/p+1/b10-8-,16-14-,22-20-,28-26-,31-30-,34-33-,51-49+,59-57+,67-65+. The Kier molecular flexibility index (Phi) is 61.5. The number of nitrogens with one attached hydrogen (secondary N) is 1. The third-order valence-electron chi connectivity index (χ3n) is 15.2. The number of aliphatic hydroxyl groups is 1. The van der Waals surface area contributed by atoms with Crippen LogP contribution in [0.2, 0.25) is 0 Å². The highest BCUT2D eigenvalue weighted by atomic mass is 31.2. The van der Waals surface area contributed by atoms with Crippen molar-refractivity contribution in [1.82, 2.24) is 5.32 Å². The van der Waals surface area contributed by atoms with E-state index >= 15 is 0 Å². The minimum atomic E-state index is -4.37. The lowest BCUT2D eigenvalue weighted by Crippen LogP contribution is -2.45. The van der Waals surface area contributed by atoms with E-state index in [-0.39, 0.29) is 19.1 Å². The molecule has 3 unspecified atom stereocenters. The molecule has 3 N–H and O–H groups in total. The molecular formula is C74H134N2O6P+. The first-order chi connectivity index (χ1) is 40.5. The van der Waals surface area contributed by atoms with E-state index in [9.17, 15) is 19.4 Å². The maximum absolute atomic E-state index is 13.0. The number of amides is 1. The summed E-state index contributed by atoms with van der Waals surface area (Å²) < 4.78 is 23.8. The molecule has 0 aromatic carbocycles. The summed E-state index contributed by atoms with van der Waals surface area (Å²) >= 11 is 0. The zero-order valence-corrected chi connectivity index (χ0v) is 55.8. The molecule has 9 heteroatoms. The van der Waals surface area contributed by atoms with Gasteiger partial charge in [0, 0.05) is 6.42 Å². The van der Waals surface area contributed by atoms with Crippen molar-refractivity contribution in [2.75, 3.05) is 40.9 Å². The molecule has 0 saturated carbocycles. The van der Waals surface area contributed by atoms with Gasteiger partial charge in [-0.25, -0.2) is 4.57 Å². The molecule has 3 atom stereocenters. The normalized spacial score (nSPS) is 14.3. The van der Waals surface area contributed by atoms with Crippen molar-refractivity contribution < 1.29 is 32.9 Å². The van der Waals surface area contributed by atoms with Crippen LogP contribution in [0.4, 0.5) is 0 Å². The number of rotatable bonds is 63. The Bertz CT molecular complexity index is 1720. The number of nitrogens with zero attached hydrogens (tertiary/aromatic N) is 1. The van der Waals surface area contributed by atoms with Gasteiger partial charge in [-0.3, -0.25) is 13.8 Å². The molecular weight excluding hydrogens is 1040 g/mol. The Balaban J connectivity index is 4.00. The molecule has 0 radical (unpaired) electrons. The Morgan fingerprint density at radius 1 is 0.422 bits per heavy atom. The average molecular weight is 1180 g/mol. The van der Waals surface area contributed by atoms with Crippen molar-refractivity contribution in [2.24, 2.45) is 0 Å². The maximum Gasteiger partial charge on any atom is 0.472 e. The maximum atomic E-state index is 13.0. The van der Waals surface area contributed by atoms with Gasteiger partial charge in [0.05, 0.1) is 39.9 Å². The molecule has 0 saturated heterocycles. The Morgan fingerprint density at radius 2 is 0.735 bits per heavy atom. The fraction of sp³-hybridized carbons (Fsp3) is 0.743. The molecule has 0 heterocycles. The lowest BCUT2D eigenvalue weighted by atomic mass is 10.0. The first kappa shape index (κ1) is 80.2. The molecule has 0 spiro atoms. The quantitative estimate of drug-likeness (QED) is 0.0243. The Hall–Kier alpha value is -2.84. The molecule has 83 heavy (non-hydrogen) atoms. The fourth-order valence-corrected chi connectivity index (χ4v) is 10.6. The van der Waals surface area contributed by atoms with E-state index in [0.29, 0.717) is 17.4 Å². The second-order valence-electron chi connectivity index (χ2n) is 24.5. The van der Waals surface area contributed by atoms with E-state index in [0.717, 1.165) is 83.5 Å². The summed E-state index contributed by atoms with van der Waals surface area (Å²) in [6, 6.07) is -0.874. The van der Waals surface area contributed by atoms with Crippen LogP contribution < -0.4 is 5.32 Å². The number of unbranched alkanes of at least 4 members (excludes halogenated alkanes) is 34. The van der Waals surface area contributed by atoms with Crippen LogP contribution in [0.3, 0.4) is 0 Å². The lowest BCUT2D eigenvalue weighted by Gasteiger charge is -2.25. The molecule has 480 valence electrons. The third kappa shape index (κ3) is 66.5. The second kappa shape index (κ2) is 63.7. The summed E-state index contributed by atoms with van der Waals surface area (Å²) in [5.41, 5.74) is 0. The fourth-order valence-electron chi connectivity index (χ4n) is 9.84. The van der Waals surface area contributed by atoms with Gasteiger partial charge in [-0.1, -0.05) is 309 Å². The van der Waals surface area contributed by atoms with Gasteiger partial charge >= 0.3 is 7.82 Å². The number of aliphatic hydroxyl groups excluding tert-OH is 1. The lowest BCUT2D eigenvalue weighted by molar-refractivity contribution is -0.870. The molecule has 0 bridgehead atoms. The van der Waals surface area contributed by atoms with Gasteiger partial charge in [-0.15, -0.1) is 0 Å². The van der Waals surface area contributed by atoms with E-state index < -0.39 is 20.0 Å². The minimum Gasteiger partial charge on any atom is -0.387 e. The predicted molar refractivity (Wildman–Crippen MR) is 364 cm³/mol. The number of carbonyl (C=O) groups excluding carboxylic acids is 1. The topological polar surface area (TPSA) is 105 Å². The third-order valence-corrected chi connectivity index (χ3v) is 16.2. The van der Waals surface area contributed by atoms with Gasteiger partial charge in [0.15, 0.2) is 0 Å². The zero-order valence-electron chi connectivity index (χ0n) is 54.9. The van der Waals surface area contributed by atoms with Crippen molar-refractivity contribution >= 4 is 13.7 Å². The van der Waals surface area contributed by atoms with E-state index in [1.54, 1.807) is 6.08 Å². The number of phosphoric acid groups is 1. The van der Waals surface area contributed by atoms with Gasteiger partial charge in [0.1, 0.15) is 13.2 Å². The van der Waals surface area contributed by atoms with Gasteiger partial charge in [0.25, 0.3) is 0 Å². The summed E-state index contributed by atoms with van der Waals surface area (Å²) in [4.78, 5) is 23.4. The molecule has 0 aliphatic carbocycles. The van der Waals surface area contributed by atoms with Gasteiger partial charge in [0.2, 0.25) is 5.91 Å². The summed E-state index contributed by atoms with van der Waals surface area (Å²) in [6.07, 6.45) is 93.9. The molecule has 0 aliphatic rings. The number of allylic oxidation sites excluding steroid dienone is 17. The number of carbonyl (C=O) groups is 1. The predicted octanol–water partition coefficient (Wildman–Crippen LogP) is 22.3.